The summed E-state index contributed by atoms with van der Waals surface area (Å²) in [5, 5.41) is 37.3. The fraction of sp³-hybridized carbons (Fsp3) is 0.550. The Morgan fingerprint density at radius 1 is 1.08 bits per heavy atom. The number of alkyl halides is 1. The van der Waals surface area contributed by atoms with Crippen molar-refractivity contribution in [3.63, 3.8) is 0 Å². The molecule has 6 heteroatoms. The van der Waals surface area contributed by atoms with Crippen molar-refractivity contribution in [2.45, 2.75) is 69.9 Å². The van der Waals surface area contributed by atoms with Gasteiger partial charge in [0.25, 0.3) is 0 Å². The quantitative estimate of drug-likeness (QED) is 0.313. The van der Waals surface area contributed by atoms with Crippen LogP contribution in [0.15, 0.2) is 36.5 Å². The van der Waals surface area contributed by atoms with Crippen LogP contribution < -0.4 is 0 Å². The van der Waals surface area contributed by atoms with Crippen LogP contribution in [0.5, 0.6) is 0 Å². The standard InChI is InChI=1S/C20H29FO5/c1-2-3-11-16(21)17(22)12-8-6-4-5-7-9-13-18(23)19(24)14-10-15-20(25)26/h4-7,9,13,16-19,22-24H,2-3,10-11,14-15H2,1H3,(H,25,26)/b6-4+,7-5+,13-9+. The van der Waals surface area contributed by atoms with Crippen LogP contribution in [-0.4, -0.2) is 50.9 Å². The number of aliphatic carboxylic acids is 1. The van der Waals surface area contributed by atoms with Gasteiger partial charge in [0.05, 0.1) is 12.2 Å². The van der Waals surface area contributed by atoms with Crippen LogP contribution >= 0.6 is 0 Å². The van der Waals surface area contributed by atoms with Crippen molar-refractivity contribution in [1.82, 2.24) is 0 Å². The molecule has 0 radical (unpaired) electrons. The summed E-state index contributed by atoms with van der Waals surface area (Å²) in [4.78, 5) is 10.4. The Morgan fingerprint density at radius 3 is 2.42 bits per heavy atom. The molecule has 0 aromatic carbocycles. The van der Waals surface area contributed by atoms with Crippen molar-refractivity contribution in [3.8, 4) is 11.8 Å². The van der Waals surface area contributed by atoms with E-state index in [1.165, 1.54) is 12.2 Å². The van der Waals surface area contributed by atoms with Gasteiger partial charge in [0.15, 0.2) is 0 Å². The first-order valence-electron chi connectivity index (χ1n) is 8.79. The van der Waals surface area contributed by atoms with E-state index in [4.69, 9.17) is 5.11 Å². The first-order valence-corrected chi connectivity index (χ1v) is 8.79. The summed E-state index contributed by atoms with van der Waals surface area (Å²) in [5.41, 5.74) is 0. The van der Waals surface area contributed by atoms with Crippen LogP contribution in [0, 0.1) is 11.8 Å². The normalized spacial score (nSPS) is 16.5. The smallest absolute Gasteiger partial charge is 0.303 e. The number of carboxylic acids is 1. The maximum absolute atomic E-state index is 13.4. The van der Waals surface area contributed by atoms with Crippen LogP contribution in [0.1, 0.15) is 45.4 Å². The molecule has 0 heterocycles. The molecule has 0 aliphatic carbocycles. The molecule has 4 N–H and O–H groups in total. The van der Waals surface area contributed by atoms with E-state index in [-0.39, 0.29) is 12.8 Å². The third-order valence-electron chi connectivity index (χ3n) is 3.51. The van der Waals surface area contributed by atoms with Crippen LogP contribution in [-0.2, 0) is 4.79 Å². The molecule has 0 saturated heterocycles. The van der Waals surface area contributed by atoms with Gasteiger partial charge in [-0.2, -0.15) is 0 Å². The van der Waals surface area contributed by atoms with Crippen LogP contribution in [0.4, 0.5) is 4.39 Å². The van der Waals surface area contributed by atoms with E-state index < -0.39 is 30.5 Å². The monoisotopic (exact) mass is 368 g/mol. The summed E-state index contributed by atoms with van der Waals surface area (Å²) in [6.45, 7) is 1.95. The van der Waals surface area contributed by atoms with Crippen molar-refractivity contribution in [3.05, 3.63) is 36.5 Å². The van der Waals surface area contributed by atoms with Gasteiger partial charge in [0.2, 0.25) is 0 Å². The first-order chi connectivity index (χ1) is 12.4. The Kier molecular flexibility index (Phi) is 14.2. The molecule has 4 unspecified atom stereocenters. The summed E-state index contributed by atoms with van der Waals surface area (Å²) in [5.74, 6) is 4.04. The van der Waals surface area contributed by atoms with Crippen molar-refractivity contribution in [2.75, 3.05) is 0 Å². The highest BCUT2D eigenvalue weighted by molar-refractivity contribution is 5.66. The van der Waals surface area contributed by atoms with E-state index in [2.05, 4.69) is 11.8 Å². The van der Waals surface area contributed by atoms with Crippen LogP contribution in [0.2, 0.25) is 0 Å². The lowest BCUT2D eigenvalue weighted by Gasteiger charge is -2.13. The predicted octanol–water partition coefficient (Wildman–Crippen LogP) is 2.52. The molecule has 0 spiro atoms. The van der Waals surface area contributed by atoms with Gasteiger partial charge < -0.3 is 20.4 Å². The van der Waals surface area contributed by atoms with Gasteiger partial charge in [-0.25, -0.2) is 4.39 Å². The minimum absolute atomic E-state index is 0.0460. The van der Waals surface area contributed by atoms with E-state index in [0.29, 0.717) is 19.3 Å². The second-order valence-corrected chi connectivity index (χ2v) is 5.86. The maximum Gasteiger partial charge on any atom is 0.303 e. The second-order valence-electron chi connectivity index (χ2n) is 5.86. The van der Waals surface area contributed by atoms with Gasteiger partial charge in [-0.1, -0.05) is 62.0 Å². The van der Waals surface area contributed by atoms with Crippen molar-refractivity contribution in [2.24, 2.45) is 0 Å². The average molecular weight is 368 g/mol. The van der Waals surface area contributed by atoms with Crippen LogP contribution in [0.25, 0.3) is 0 Å². The second kappa shape index (κ2) is 15.3. The molecule has 0 bridgehead atoms. The zero-order valence-corrected chi connectivity index (χ0v) is 15.1. The number of hydrogen-bond donors (Lipinski definition) is 4. The molecule has 0 amide bonds. The van der Waals surface area contributed by atoms with E-state index in [1.807, 2.05) is 6.92 Å². The minimum Gasteiger partial charge on any atom is -0.481 e. The lowest BCUT2D eigenvalue weighted by molar-refractivity contribution is -0.137. The molecule has 0 aliphatic heterocycles. The van der Waals surface area contributed by atoms with Crippen molar-refractivity contribution in [1.29, 1.82) is 0 Å². The summed E-state index contributed by atoms with van der Waals surface area (Å²) >= 11 is 0. The number of carbonyl (C=O) groups is 1. The molecule has 5 nitrogen and oxygen atoms in total. The Labute approximate surface area is 154 Å². The van der Waals surface area contributed by atoms with Crippen molar-refractivity contribution >= 4 is 5.97 Å². The maximum atomic E-state index is 13.4. The van der Waals surface area contributed by atoms with Gasteiger partial charge in [-0.15, -0.1) is 0 Å². The largest absolute Gasteiger partial charge is 0.481 e. The first kappa shape index (κ1) is 24.1. The Balaban J connectivity index is 4.14. The zero-order valence-electron chi connectivity index (χ0n) is 15.1. The molecule has 0 rings (SSSR count). The topological polar surface area (TPSA) is 98.0 Å². The van der Waals surface area contributed by atoms with Crippen molar-refractivity contribution < 1.29 is 29.6 Å². The van der Waals surface area contributed by atoms with Gasteiger partial charge in [-0.05, 0) is 25.3 Å². The average Bonchev–Trinajstić information content (AvgIpc) is 2.60. The molecule has 0 aliphatic rings. The summed E-state index contributed by atoms with van der Waals surface area (Å²) in [6, 6.07) is 0. The number of rotatable bonds is 12. The highest BCUT2D eigenvalue weighted by atomic mass is 19.1. The number of allylic oxidation sites excluding steroid dienone is 5. The highest BCUT2D eigenvalue weighted by Gasteiger charge is 2.14. The number of aliphatic hydroxyl groups is 3. The van der Waals surface area contributed by atoms with E-state index in [9.17, 15) is 24.5 Å². The molecule has 4 atom stereocenters. The molecule has 0 fully saturated rings. The molecule has 146 valence electrons. The van der Waals surface area contributed by atoms with Crippen LogP contribution in [0.3, 0.4) is 0 Å². The third kappa shape index (κ3) is 13.4. The number of carboxylic acid groups (broad SMARTS) is 1. The lowest BCUT2D eigenvalue weighted by atomic mass is 10.1. The van der Waals surface area contributed by atoms with E-state index in [1.54, 1.807) is 24.3 Å². The molecule has 0 aromatic heterocycles. The Bertz CT molecular complexity index is 530. The van der Waals surface area contributed by atoms with E-state index in [0.717, 1.165) is 6.42 Å². The molecule has 0 aromatic rings. The fourth-order valence-electron chi connectivity index (χ4n) is 1.95. The molecular formula is C20H29FO5. The number of aliphatic hydroxyl groups excluding tert-OH is 3. The lowest BCUT2D eigenvalue weighted by Crippen LogP contribution is -2.23. The van der Waals surface area contributed by atoms with Gasteiger partial charge in [0.1, 0.15) is 12.3 Å². The summed E-state index contributed by atoms with van der Waals surface area (Å²) < 4.78 is 13.4. The SMILES string of the molecule is CCCCC(F)C(O)C#C/C=C/C=C/C=C/C(O)C(O)CCCC(=O)O. The summed E-state index contributed by atoms with van der Waals surface area (Å²) in [7, 11) is 0. The van der Waals surface area contributed by atoms with Gasteiger partial charge in [-0.3, -0.25) is 4.79 Å². The van der Waals surface area contributed by atoms with E-state index >= 15 is 0 Å². The van der Waals surface area contributed by atoms with Gasteiger partial charge in [0, 0.05) is 6.42 Å². The summed E-state index contributed by atoms with van der Waals surface area (Å²) in [6.07, 6.45) is 6.87. The number of hydrogen-bond acceptors (Lipinski definition) is 4. The highest BCUT2D eigenvalue weighted by Crippen LogP contribution is 2.08. The molecule has 0 saturated carbocycles. The Hall–Kier alpha value is -1.94. The van der Waals surface area contributed by atoms with Gasteiger partial charge >= 0.3 is 5.97 Å². The third-order valence-corrected chi connectivity index (χ3v) is 3.51. The minimum atomic E-state index is -1.34. The molecular weight excluding hydrogens is 339 g/mol. The predicted molar refractivity (Wildman–Crippen MR) is 99.1 cm³/mol. The fourth-order valence-corrected chi connectivity index (χ4v) is 1.95. The Morgan fingerprint density at radius 2 is 1.77 bits per heavy atom. The number of halogens is 1. The zero-order chi connectivity index (χ0) is 19.8. The molecule has 26 heavy (non-hydrogen) atoms. The number of unbranched alkanes of at least 4 members (excludes halogenated alkanes) is 1.